The van der Waals surface area contributed by atoms with Crippen LogP contribution in [0.2, 0.25) is 0 Å². The second kappa shape index (κ2) is 7.96. The molecule has 6 heteroatoms. The Kier molecular flexibility index (Phi) is 5.65. The molecule has 2 aromatic rings. The average Bonchev–Trinajstić information content (AvgIpc) is 2.63. The number of halogens is 1. The van der Waals surface area contributed by atoms with Gasteiger partial charge in [0.25, 0.3) is 0 Å². The van der Waals surface area contributed by atoms with E-state index in [4.69, 9.17) is 0 Å². The number of amides is 2. The number of nitrogens with zero attached hydrogens (tertiary/aromatic N) is 2. The number of hydrogen-bond acceptors (Lipinski definition) is 3. The zero-order chi connectivity index (χ0) is 19.4. The number of piperazine rings is 1. The van der Waals surface area contributed by atoms with Crippen LogP contribution in [-0.4, -0.2) is 44.2 Å². The molecule has 3 rings (SSSR count). The molecule has 0 bridgehead atoms. The van der Waals surface area contributed by atoms with Crippen LogP contribution in [0.5, 0.6) is 0 Å². The molecule has 1 fully saturated rings. The quantitative estimate of drug-likeness (QED) is 0.864. The SMILES string of the molecule is CN1CCN(c2ccc(NC(=O)NC(C)(C)c3ccc(F)cc3)cc2)CC1. The van der Waals surface area contributed by atoms with E-state index < -0.39 is 5.54 Å². The summed E-state index contributed by atoms with van der Waals surface area (Å²) < 4.78 is 13.1. The zero-order valence-electron chi connectivity index (χ0n) is 16.1. The highest BCUT2D eigenvalue weighted by atomic mass is 19.1. The molecular weight excluding hydrogens is 343 g/mol. The Labute approximate surface area is 160 Å². The van der Waals surface area contributed by atoms with Gasteiger partial charge < -0.3 is 20.4 Å². The number of benzene rings is 2. The van der Waals surface area contributed by atoms with Crippen molar-refractivity contribution in [2.45, 2.75) is 19.4 Å². The number of anilines is 2. The molecule has 1 heterocycles. The fourth-order valence-electron chi connectivity index (χ4n) is 3.21. The molecule has 0 aliphatic carbocycles. The predicted octanol–water partition coefficient (Wildman–Crippen LogP) is 3.63. The molecule has 0 atom stereocenters. The summed E-state index contributed by atoms with van der Waals surface area (Å²) >= 11 is 0. The van der Waals surface area contributed by atoms with Crippen LogP contribution in [0.3, 0.4) is 0 Å². The summed E-state index contributed by atoms with van der Waals surface area (Å²) in [6, 6.07) is 13.8. The van der Waals surface area contributed by atoms with E-state index in [0.29, 0.717) is 0 Å². The first kappa shape index (κ1) is 19.2. The second-order valence-corrected chi connectivity index (χ2v) is 7.55. The topological polar surface area (TPSA) is 47.6 Å². The van der Waals surface area contributed by atoms with Crippen molar-refractivity contribution in [1.29, 1.82) is 0 Å². The van der Waals surface area contributed by atoms with Crippen LogP contribution in [0.15, 0.2) is 48.5 Å². The summed E-state index contributed by atoms with van der Waals surface area (Å²) in [6.07, 6.45) is 0. The van der Waals surface area contributed by atoms with Gasteiger partial charge in [0, 0.05) is 37.6 Å². The van der Waals surface area contributed by atoms with Gasteiger partial charge in [0.15, 0.2) is 0 Å². The lowest BCUT2D eigenvalue weighted by molar-refractivity contribution is 0.242. The van der Waals surface area contributed by atoms with Crippen LogP contribution >= 0.6 is 0 Å². The molecule has 0 spiro atoms. The molecule has 1 aliphatic heterocycles. The van der Waals surface area contributed by atoms with Gasteiger partial charge in [-0.05, 0) is 62.9 Å². The van der Waals surface area contributed by atoms with E-state index in [2.05, 4.69) is 27.5 Å². The lowest BCUT2D eigenvalue weighted by atomic mass is 9.94. The summed E-state index contributed by atoms with van der Waals surface area (Å²) in [5, 5.41) is 5.80. The van der Waals surface area contributed by atoms with Crippen LogP contribution in [0.25, 0.3) is 0 Å². The van der Waals surface area contributed by atoms with Crippen molar-refractivity contribution in [1.82, 2.24) is 10.2 Å². The van der Waals surface area contributed by atoms with E-state index in [1.54, 1.807) is 12.1 Å². The second-order valence-electron chi connectivity index (χ2n) is 7.55. The summed E-state index contributed by atoms with van der Waals surface area (Å²) in [7, 11) is 2.14. The van der Waals surface area contributed by atoms with Crippen LogP contribution in [-0.2, 0) is 5.54 Å². The van der Waals surface area contributed by atoms with Crippen molar-refractivity contribution in [2.75, 3.05) is 43.4 Å². The summed E-state index contributed by atoms with van der Waals surface area (Å²) in [5.74, 6) is -0.292. The standard InChI is InChI=1S/C21H27FN4O/c1-21(2,16-4-6-17(22)7-5-16)24-20(27)23-18-8-10-19(11-9-18)26-14-12-25(3)13-15-26/h4-11H,12-15H2,1-3H3,(H2,23,24,27). The fraction of sp³-hybridized carbons (Fsp3) is 0.381. The van der Waals surface area contributed by atoms with E-state index >= 15 is 0 Å². The number of nitrogens with one attached hydrogen (secondary N) is 2. The molecule has 5 nitrogen and oxygen atoms in total. The third-order valence-electron chi connectivity index (χ3n) is 4.99. The number of likely N-dealkylation sites (N-methyl/N-ethyl adjacent to an activating group) is 1. The lowest BCUT2D eigenvalue weighted by Crippen LogP contribution is -2.44. The minimum Gasteiger partial charge on any atom is -0.369 e. The molecule has 1 aliphatic rings. The van der Waals surface area contributed by atoms with Crippen molar-refractivity contribution in [2.24, 2.45) is 0 Å². The van der Waals surface area contributed by atoms with Gasteiger partial charge in [-0.15, -0.1) is 0 Å². The lowest BCUT2D eigenvalue weighted by Gasteiger charge is -2.34. The summed E-state index contributed by atoms with van der Waals surface area (Å²) in [6.45, 7) is 7.90. The van der Waals surface area contributed by atoms with Crippen molar-refractivity contribution >= 4 is 17.4 Å². The zero-order valence-corrected chi connectivity index (χ0v) is 16.1. The highest BCUT2D eigenvalue weighted by molar-refractivity contribution is 5.90. The summed E-state index contributed by atoms with van der Waals surface area (Å²) in [5.41, 5.74) is 2.13. The van der Waals surface area contributed by atoms with E-state index in [1.165, 1.54) is 17.8 Å². The van der Waals surface area contributed by atoms with Gasteiger partial charge >= 0.3 is 6.03 Å². The Balaban J connectivity index is 1.58. The number of carbonyl (C=O) groups excluding carboxylic acids is 1. The van der Waals surface area contributed by atoms with Crippen molar-refractivity contribution in [3.63, 3.8) is 0 Å². The van der Waals surface area contributed by atoms with Crippen molar-refractivity contribution in [3.05, 3.63) is 59.9 Å². The highest BCUT2D eigenvalue weighted by Gasteiger charge is 2.23. The van der Waals surface area contributed by atoms with E-state index in [9.17, 15) is 9.18 Å². The first-order valence-corrected chi connectivity index (χ1v) is 9.22. The van der Waals surface area contributed by atoms with Gasteiger partial charge in [-0.1, -0.05) is 12.1 Å². The third kappa shape index (κ3) is 4.98. The number of urea groups is 1. The van der Waals surface area contributed by atoms with Gasteiger partial charge in [0.2, 0.25) is 0 Å². The Morgan fingerprint density at radius 2 is 1.56 bits per heavy atom. The Bertz CT molecular complexity index is 766. The average molecular weight is 370 g/mol. The molecule has 27 heavy (non-hydrogen) atoms. The third-order valence-corrected chi connectivity index (χ3v) is 4.99. The van der Waals surface area contributed by atoms with Crippen molar-refractivity contribution < 1.29 is 9.18 Å². The first-order valence-electron chi connectivity index (χ1n) is 9.22. The van der Waals surface area contributed by atoms with E-state index in [1.807, 2.05) is 38.1 Å². The van der Waals surface area contributed by atoms with E-state index in [-0.39, 0.29) is 11.8 Å². The van der Waals surface area contributed by atoms with Gasteiger partial charge in [0.05, 0.1) is 5.54 Å². The van der Waals surface area contributed by atoms with Gasteiger partial charge in [-0.2, -0.15) is 0 Å². The van der Waals surface area contributed by atoms with Crippen LogP contribution in [0, 0.1) is 5.82 Å². The predicted molar refractivity (Wildman–Crippen MR) is 108 cm³/mol. The van der Waals surface area contributed by atoms with Crippen molar-refractivity contribution in [3.8, 4) is 0 Å². The highest BCUT2D eigenvalue weighted by Crippen LogP contribution is 2.22. The van der Waals surface area contributed by atoms with Gasteiger partial charge in [-0.3, -0.25) is 0 Å². The minimum atomic E-state index is -0.614. The molecule has 0 radical (unpaired) electrons. The number of rotatable bonds is 4. The Morgan fingerprint density at radius 1 is 0.963 bits per heavy atom. The van der Waals surface area contributed by atoms with Crippen LogP contribution in [0.4, 0.5) is 20.6 Å². The molecule has 2 amide bonds. The molecular formula is C21H27FN4O. The molecule has 0 aromatic heterocycles. The Morgan fingerprint density at radius 3 is 2.15 bits per heavy atom. The number of carbonyl (C=O) groups is 1. The largest absolute Gasteiger partial charge is 0.369 e. The maximum absolute atomic E-state index is 13.1. The summed E-state index contributed by atoms with van der Waals surface area (Å²) in [4.78, 5) is 17.0. The maximum atomic E-state index is 13.1. The first-order chi connectivity index (χ1) is 12.8. The molecule has 2 N–H and O–H groups in total. The number of hydrogen-bond donors (Lipinski definition) is 2. The van der Waals surface area contributed by atoms with Crippen LogP contribution < -0.4 is 15.5 Å². The fourth-order valence-corrected chi connectivity index (χ4v) is 3.21. The normalized spacial score (nSPS) is 15.5. The monoisotopic (exact) mass is 370 g/mol. The minimum absolute atomic E-state index is 0.292. The smallest absolute Gasteiger partial charge is 0.319 e. The molecule has 0 saturated carbocycles. The molecule has 0 unspecified atom stereocenters. The Hall–Kier alpha value is -2.60. The molecule has 2 aromatic carbocycles. The van der Waals surface area contributed by atoms with Gasteiger partial charge in [0.1, 0.15) is 5.82 Å². The molecule has 144 valence electrons. The van der Waals surface area contributed by atoms with Gasteiger partial charge in [-0.25, -0.2) is 9.18 Å². The van der Waals surface area contributed by atoms with Crippen LogP contribution in [0.1, 0.15) is 19.4 Å². The molecule has 1 saturated heterocycles. The maximum Gasteiger partial charge on any atom is 0.319 e. The van der Waals surface area contributed by atoms with E-state index in [0.717, 1.165) is 37.4 Å².